The maximum atomic E-state index is 13.1. The molecule has 1 aliphatic rings. The number of allylic oxidation sites excluding steroid dienone is 1. The van der Waals surface area contributed by atoms with E-state index in [1.807, 2.05) is 30.5 Å². The fourth-order valence-corrected chi connectivity index (χ4v) is 3.30. The Bertz CT molecular complexity index is 1010. The number of rotatable bonds is 7. The molecule has 3 aromatic rings. The molecule has 2 N–H and O–H groups in total. The van der Waals surface area contributed by atoms with Crippen LogP contribution in [-0.4, -0.2) is 23.2 Å². The standard InChI is InChI=1S/C23H21FN2O2.2ClH/c24-20-6-4-17(5-7-20)19-10-16(14-26-15-19)13-25-8-9-28-23-3-1-2-18-11-21(27)12-22(18)23;;/h1-7,10,12,14-15,25,27H,8-9,11,13H2;2*1H. The Labute approximate surface area is 187 Å². The monoisotopic (exact) mass is 448 g/mol. The van der Waals surface area contributed by atoms with Crippen LogP contribution in [0.2, 0.25) is 0 Å². The van der Waals surface area contributed by atoms with Gasteiger partial charge in [0.25, 0.3) is 0 Å². The molecule has 4 nitrogen and oxygen atoms in total. The predicted octanol–water partition coefficient (Wildman–Crippen LogP) is 5.35. The van der Waals surface area contributed by atoms with Gasteiger partial charge in [0, 0.05) is 43.0 Å². The SMILES string of the molecule is Cl.Cl.OC1=Cc2c(cccc2OCCNCc2cncc(-c3ccc(F)cc3)c2)C1. The van der Waals surface area contributed by atoms with Gasteiger partial charge in [-0.25, -0.2) is 4.39 Å². The first-order valence-corrected chi connectivity index (χ1v) is 9.24. The highest BCUT2D eigenvalue weighted by Crippen LogP contribution is 2.31. The molecular weight excluding hydrogens is 426 g/mol. The summed E-state index contributed by atoms with van der Waals surface area (Å²) in [6, 6.07) is 14.3. The summed E-state index contributed by atoms with van der Waals surface area (Å²) in [6.07, 6.45) is 5.93. The van der Waals surface area contributed by atoms with Crippen molar-refractivity contribution in [1.82, 2.24) is 10.3 Å². The minimum atomic E-state index is -0.246. The Balaban J connectivity index is 0.00000160. The van der Waals surface area contributed by atoms with Gasteiger partial charge >= 0.3 is 0 Å². The zero-order valence-electron chi connectivity index (χ0n) is 16.2. The third kappa shape index (κ3) is 5.72. The molecule has 0 radical (unpaired) electrons. The highest BCUT2D eigenvalue weighted by Gasteiger charge is 2.15. The normalized spacial score (nSPS) is 11.7. The van der Waals surface area contributed by atoms with Gasteiger partial charge in [-0.2, -0.15) is 0 Å². The molecule has 0 atom stereocenters. The summed E-state index contributed by atoms with van der Waals surface area (Å²) in [5.74, 6) is 0.922. The molecule has 2 aromatic carbocycles. The van der Waals surface area contributed by atoms with E-state index < -0.39 is 0 Å². The molecule has 0 saturated heterocycles. The largest absolute Gasteiger partial charge is 0.512 e. The minimum absolute atomic E-state index is 0. The van der Waals surface area contributed by atoms with Gasteiger partial charge < -0.3 is 15.2 Å². The molecule has 158 valence electrons. The Kier molecular flexibility index (Phi) is 8.66. The Morgan fingerprint density at radius 2 is 1.83 bits per heavy atom. The molecule has 1 aliphatic carbocycles. The number of halogens is 3. The number of aromatic nitrogens is 1. The summed E-state index contributed by atoms with van der Waals surface area (Å²) in [4.78, 5) is 4.28. The number of nitrogens with one attached hydrogen (secondary N) is 1. The summed E-state index contributed by atoms with van der Waals surface area (Å²) in [7, 11) is 0. The Morgan fingerprint density at radius 1 is 1.03 bits per heavy atom. The van der Waals surface area contributed by atoms with Crippen LogP contribution in [0.1, 0.15) is 16.7 Å². The molecule has 30 heavy (non-hydrogen) atoms. The Hall–Kier alpha value is -2.60. The lowest BCUT2D eigenvalue weighted by Crippen LogP contribution is -2.20. The van der Waals surface area contributed by atoms with Crippen LogP contribution in [0.5, 0.6) is 5.75 Å². The van der Waals surface area contributed by atoms with Crippen molar-refractivity contribution < 1.29 is 14.2 Å². The molecule has 0 aliphatic heterocycles. The van der Waals surface area contributed by atoms with Crippen molar-refractivity contribution >= 4 is 30.9 Å². The molecular formula is C23H23Cl2FN2O2. The number of hydrogen-bond donors (Lipinski definition) is 2. The second-order valence-electron chi connectivity index (χ2n) is 6.76. The number of ether oxygens (including phenoxy) is 1. The second-order valence-corrected chi connectivity index (χ2v) is 6.76. The van der Waals surface area contributed by atoms with Gasteiger partial charge in [0.1, 0.15) is 18.2 Å². The quantitative estimate of drug-likeness (QED) is 0.478. The maximum Gasteiger partial charge on any atom is 0.126 e. The summed E-state index contributed by atoms with van der Waals surface area (Å²) >= 11 is 0. The number of fused-ring (bicyclic) bond motifs is 1. The van der Waals surface area contributed by atoms with Gasteiger partial charge in [-0.05, 0) is 47.0 Å². The van der Waals surface area contributed by atoms with Crippen LogP contribution in [0, 0.1) is 5.82 Å². The zero-order valence-corrected chi connectivity index (χ0v) is 17.8. The van der Waals surface area contributed by atoms with E-state index in [1.165, 1.54) is 12.1 Å². The van der Waals surface area contributed by atoms with Crippen LogP contribution >= 0.6 is 24.8 Å². The number of nitrogens with zero attached hydrogens (tertiary/aromatic N) is 1. The number of benzene rings is 2. The minimum Gasteiger partial charge on any atom is -0.512 e. The van der Waals surface area contributed by atoms with Crippen molar-refractivity contribution in [3.8, 4) is 16.9 Å². The number of aliphatic hydroxyl groups excluding tert-OH is 1. The molecule has 0 bridgehead atoms. The van der Waals surface area contributed by atoms with E-state index in [0.717, 1.165) is 33.6 Å². The molecule has 0 spiro atoms. The van der Waals surface area contributed by atoms with Crippen LogP contribution in [-0.2, 0) is 13.0 Å². The van der Waals surface area contributed by atoms with Crippen molar-refractivity contribution in [2.75, 3.05) is 13.2 Å². The number of hydrogen-bond acceptors (Lipinski definition) is 4. The first-order chi connectivity index (χ1) is 13.7. The lowest BCUT2D eigenvalue weighted by Gasteiger charge is -2.11. The molecule has 0 unspecified atom stereocenters. The van der Waals surface area contributed by atoms with Crippen molar-refractivity contribution in [3.63, 3.8) is 0 Å². The first kappa shape index (κ1) is 23.7. The van der Waals surface area contributed by atoms with Crippen LogP contribution in [0.15, 0.2) is 66.7 Å². The van der Waals surface area contributed by atoms with Crippen LogP contribution in [0.3, 0.4) is 0 Å². The molecule has 0 fully saturated rings. The lowest BCUT2D eigenvalue weighted by molar-refractivity contribution is 0.313. The summed E-state index contributed by atoms with van der Waals surface area (Å²) in [5.41, 5.74) is 5.01. The molecule has 0 amide bonds. The molecule has 7 heteroatoms. The summed E-state index contributed by atoms with van der Waals surface area (Å²) < 4.78 is 19.0. The fourth-order valence-electron chi connectivity index (χ4n) is 3.30. The van der Waals surface area contributed by atoms with Gasteiger partial charge in [-0.15, -0.1) is 24.8 Å². The van der Waals surface area contributed by atoms with E-state index in [9.17, 15) is 9.50 Å². The third-order valence-electron chi connectivity index (χ3n) is 4.68. The van der Waals surface area contributed by atoms with Gasteiger partial charge in [0.15, 0.2) is 0 Å². The van der Waals surface area contributed by atoms with Crippen molar-refractivity contribution in [2.24, 2.45) is 0 Å². The van der Waals surface area contributed by atoms with E-state index in [1.54, 1.807) is 24.4 Å². The maximum absolute atomic E-state index is 13.1. The highest BCUT2D eigenvalue weighted by molar-refractivity contribution is 5.85. The first-order valence-electron chi connectivity index (χ1n) is 9.24. The molecule has 4 rings (SSSR count). The van der Waals surface area contributed by atoms with Gasteiger partial charge in [0.05, 0.1) is 5.76 Å². The predicted molar refractivity (Wildman–Crippen MR) is 122 cm³/mol. The molecule has 1 heterocycles. The van der Waals surface area contributed by atoms with Crippen LogP contribution in [0.4, 0.5) is 4.39 Å². The van der Waals surface area contributed by atoms with Gasteiger partial charge in [-0.1, -0.05) is 24.3 Å². The van der Waals surface area contributed by atoms with E-state index in [0.29, 0.717) is 31.9 Å². The average Bonchev–Trinajstić information content (AvgIpc) is 3.09. The summed E-state index contributed by atoms with van der Waals surface area (Å²) in [5, 5.41) is 13.0. The molecule has 1 aromatic heterocycles. The van der Waals surface area contributed by atoms with E-state index in [2.05, 4.69) is 10.3 Å². The smallest absolute Gasteiger partial charge is 0.126 e. The zero-order chi connectivity index (χ0) is 19.3. The van der Waals surface area contributed by atoms with E-state index >= 15 is 0 Å². The number of aliphatic hydroxyl groups is 1. The lowest BCUT2D eigenvalue weighted by atomic mass is 10.1. The fraction of sp³-hybridized carbons (Fsp3) is 0.174. The Morgan fingerprint density at radius 3 is 2.63 bits per heavy atom. The van der Waals surface area contributed by atoms with Gasteiger partial charge in [-0.3, -0.25) is 4.98 Å². The third-order valence-corrected chi connectivity index (χ3v) is 4.68. The summed E-state index contributed by atoms with van der Waals surface area (Å²) in [6.45, 7) is 1.87. The van der Waals surface area contributed by atoms with Crippen molar-refractivity contribution in [3.05, 3.63) is 89.2 Å². The number of pyridine rings is 1. The van der Waals surface area contributed by atoms with Crippen molar-refractivity contribution in [1.29, 1.82) is 0 Å². The molecule has 0 saturated carbocycles. The van der Waals surface area contributed by atoms with Crippen molar-refractivity contribution in [2.45, 2.75) is 13.0 Å². The topological polar surface area (TPSA) is 54.4 Å². The van der Waals surface area contributed by atoms with Crippen LogP contribution < -0.4 is 10.1 Å². The van der Waals surface area contributed by atoms with E-state index in [4.69, 9.17) is 4.74 Å². The second kappa shape index (κ2) is 11.0. The highest BCUT2D eigenvalue weighted by atomic mass is 35.5. The van der Waals surface area contributed by atoms with E-state index in [-0.39, 0.29) is 30.6 Å². The van der Waals surface area contributed by atoms with Gasteiger partial charge in [0.2, 0.25) is 0 Å². The van der Waals surface area contributed by atoms with Crippen LogP contribution in [0.25, 0.3) is 17.2 Å². The average molecular weight is 449 g/mol.